The molecule has 0 amide bonds. The molecular weight excluding hydrogens is 230 g/mol. The van der Waals surface area contributed by atoms with Gasteiger partial charge in [0.2, 0.25) is 0 Å². The molecule has 0 aromatic carbocycles. The zero-order valence-corrected chi connectivity index (χ0v) is 11.5. The van der Waals surface area contributed by atoms with Crippen molar-refractivity contribution in [3.63, 3.8) is 0 Å². The molecule has 0 fully saturated rings. The van der Waals surface area contributed by atoms with Crippen molar-refractivity contribution in [3.05, 3.63) is 23.0 Å². The number of fused-ring (bicyclic) bond motifs is 1. The second-order valence-electron chi connectivity index (χ2n) is 4.20. The first-order valence-corrected chi connectivity index (χ1v) is 6.99. The smallest absolute Gasteiger partial charge is 0.127 e. The molecule has 0 aliphatic carbocycles. The molecule has 17 heavy (non-hydrogen) atoms. The van der Waals surface area contributed by atoms with Gasteiger partial charge in [-0.15, -0.1) is 11.3 Å². The molecule has 0 saturated carbocycles. The maximum Gasteiger partial charge on any atom is 0.127 e. The molecular formula is C13H19N3S. The van der Waals surface area contributed by atoms with E-state index in [-0.39, 0.29) is 0 Å². The Morgan fingerprint density at radius 2 is 2.18 bits per heavy atom. The fourth-order valence-electron chi connectivity index (χ4n) is 1.98. The molecule has 4 heteroatoms. The minimum atomic E-state index is 0.498. The van der Waals surface area contributed by atoms with Gasteiger partial charge < -0.3 is 5.32 Å². The van der Waals surface area contributed by atoms with Gasteiger partial charge in [-0.25, -0.2) is 9.97 Å². The fraction of sp³-hybridized carbons (Fsp3) is 0.538. The first kappa shape index (κ1) is 12.5. The highest BCUT2D eigenvalue weighted by Gasteiger charge is 2.11. The number of rotatable bonds is 5. The van der Waals surface area contributed by atoms with Crippen molar-refractivity contribution in [1.29, 1.82) is 0 Å². The normalized spacial score (nSPS) is 13.1. The topological polar surface area (TPSA) is 37.8 Å². The summed E-state index contributed by atoms with van der Waals surface area (Å²) in [5.74, 6) is 0. The number of aromatic nitrogens is 2. The van der Waals surface area contributed by atoms with E-state index in [9.17, 15) is 0 Å². The van der Waals surface area contributed by atoms with Crippen LogP contribution in [0.3, 0.4) is 0 Å². The number of hydrogen-bond donors (Lipinski definition) is 1. The van der Waals surface area contributed by atoms with Crippen molar-refractivity contribution in [2.75, 3.05) is 7.05 Å². The number of aryl methyl sites for hydroxylation is 1. The maximum atomic E-state index is 4.45. The Morgan fingerprint density at radius 1 is 1.35 bits per heavy atom. The number of likely N-dealkylation sites (N-methyl/N-ethyl adjacent to an activating group) is 1. The lowest BCUT2D eigenvalue weighted by Crippen LogP contribution is -2.27. The quantitative estimate of drug-likeness (QED) is 0.885. The third kappa shape index (κ3) is 2.64. The van der Waals surface area contributed by atoms with Crippen molar-refractivity contribution in [1.82, 2.24) is 15.3 Å². The molecule has 0 radical (unpaired) electrons. The Labute approximate surface area is 106 Å². The molecule has 2 rings (SSSR count). The highest BCUT2D eigenvalue weighted by molar-refractivity contribution is 7.18. The van der Waals surface area contributed by atoms with Gasteiger partial charge >= 0.3 is 0 Å². The van der Waals surface area contributed by atoms with Gasteiger partial charge in [-0.3, -0.25) is 0 Å². The molecule has 1 atom stereocenters. The molecule has 0 bridgehead atoms. The highest BCUT2D eigenvalue weighted by Crippen LogP contribution is 2.26. The molecule has 2 heterocycles. The zero-order chi connectivity index (χ0) is 12.3. The van der Waals surface area contributed by atoms with E-state index in [4.69, 9.17) is 0 Å². The van der Waals surface area contributed by atoms with Gasteiger partial charge in [-0.1, -0.05) is 13.8 Å². The van der Waals surface area contributed by atoms with Crippen LogP contribution in [0.5, 0.6) is 0 Å². The molecule has 1 unspecified atom stereocenters. The molecule has 0 aliphatic heterocycles. The maximum absolute atomic E-state index is 4.45. The van der Waals surface area contributed by atoms with Crippen LogP contribution in [0.1, 0.15) is 30.8 Å². The van der Waals surface area contributed by atoms with Crippen LogP contribution in [0, 0.1) is 0 Å². The summed E-state index contributed by atoms with van der Waals surface area (Å²) in [6.45, 7) is 4.38. The molecule has 3 nitrogen and oxygen atoms in total. The highest BCUT2D eigenvalue weighted by atomic mass is 32.1. The molecule has 2 aromatic heterocycles. The Kier molecular flexibility index (Phi) is 4.07. The van der Waals surface area contributed by atoms with E-state index in [2.05, 4.69) is 35.2 Å². The summed E-state index contributed by atoms with van der Waals surface area (Å²) in [4.78, 5) is 11.3. The molecule has 0 aliphatic rings. The molecule has 0 saturated heterocycles. The second kappa shape index (κ2) is 5.56. The molecule has 92 valence electrons. The van der Waals surface area contributed by atoms with Gasteiger partial charge in [0.1, 0.15) is 11.2 Å². The summed E-state index contributed by atoms with van der Waals surface area (Å²) in [7, 11) is 2.01. The Bertz CT molecular complexity index is 488. The third-order valence-corrected chi connectivity index (χ3v) is 4.34. The third-order valence-electron chi connectivity index (χ3n) is 3.15. The fourth-order valence-corrected chi connectivity index (χ4v) is 2.93. The lowest BCUT2D eigenvalue weighted by atomic mass is 10.1. The summed E-state index contributed by atoms with van der Waals surface area (Å²) >= 11 is 1.78. The first-order chi connectivity index (χ1) is 8.28. The van der Waals surface area contributed by atoms with Crippen molar-refractivity contribution in [2.24, 2.45) is 0 Å². The van der Waals surface area contributed by atoms with E-state index in [0.29, 0.717) is 6.04 Å². The van der Waals surface area contributed by atoms with Crippen LogP contribution in [0.25, 0.3) is 10.2 Å². The lowest BCUT2D eigenvalue weighted by molar-refractivity contribution is 0.539. The predicted octanol–water partition coefficient (Wildman–Crippen LogP) is 2.79. The average Bonchev–Trinajstić information content (AvgIpc) is 2.79. The second-order valence-corrected chi connectivity index (χ2v) is 5.32. The number of thiophene rings is 1. The largest absolute Gasteiger partial charge is 0.317 e. The summed E-state index contributed by atoms with van der Waals surface area (Å²) < 4.78 is 0. The standard InChI is InChI=1S/C13H19N3S/c1-4-9(14-3)6-12-11-7-10(5-2)17-13(11)16-8-15-12/h7-9,14H,4-6H2,1-3H3. The monoisotopic (exact) mass is 249 g/mol. The Morgan fingerprint density at radius 3 is 2.82 bits per heavy atom. The van der Waals surface area contributed by atoms with Crippen molar-refractivity contribution < 1.29 is 0 Å². The molecule has 1 N–H and O–H groups in total. The number of nitrogens with zero attached hydrogens (tertiary/aromatic N) is 2. The Hall–Kier alpha value is -1.00. The van der Waals surface area contributed by atoms with E-state index >= 15 is 0 Å². The van der Waals surface area contributed by atoms with Crippen molar-refractivity contribution in [2.45, 2.75) is 39.2 Å². The average molecular weight is 249 g/mol. The minimum Gasteiger partial charge on any atom is -0.317 e. The van der Waals surface area contributed by atoms with Crippen molar-refractivity contribution >= 4 is 21.6 Å². The van der Waals surface area contributed by atoms with E-state index in [1.807, 2.05) is 7.05 Å². The Balaban J connectivity index is 2.36. The van der Waals surface area contributed by atoms with Gasteiger partial charge in [0, 0.05) is 22.7 Å². The number of nitrogens with one attached hydrogen (secondary N) is 1. The van der Waals surface area contributed by atoms with E-state index in [0.717, 1.165) is 24.1 Å². The van der Waals surface area contributed by atoms with E-state index in [1.54, 1.807) is 17.7 Å². The first-order valence-electron chi connectivity index (χ1n) is 6.18. The zero-order valence-electron chi connectivity index (χ0n) is 10.7. The summed E-state index contributed by atoms with van der Waals surface area (Å²) in [5.41, 5.74) is 1.17. The van der Waals surface area contributed by atoms with Gasteiger partial charge in [0.05, 0.1) is 5.69 Å². The van der Waals surface area contributed by atoms with Gasteiger partial charge in [-0.05, 0) is 26.0 Å². The molecule has 0 spiro atoms. The summed E-state index contributed by atoms with van der Waals surface area (Å²) in [5, 5.41) is 4.57. The number of hydrogen-bond acceptors (Lipinski definition) is 4. The van der Waals surface area contributed by atoms with Crippen LogP contribution >= 0.6 is 11.3 Å². The molecule has 2 aromatic rings. The minimum absolute atomic E-state index is 0.498. The SMILES string of the molecule is CCc1cc2c(CC(CC)NC)ncnc2s1. The van der Waals surface area contributed by atoms with Gasteiger partial charge in [0.25, 0.3) is 0 Å². The van der Waals surface area contributed by atoms with Crippen LogP contribution in [-0.2, 0) is 12.8 Å². The summed E-state index contributed by atoms with van der Waals surface area (Å²) in [6, 6.07) is 2.75. The van der Waals surface area contributed by atoms with E-state index in [1.165, 1.54) is 16.0 Å². The van der Waals surface area contributed by atoms with Crippen LogP contribution < -0.4 is 5.32 Å². The van der Waals surface area contributed by atoms with Crippen LogP contribution in [0.4, 0.5) is 0 Å². The lowest BCUT2D eigenvalue weighted by Gasteiger charge is -2.13. The van der Waals surface area contributed by atoms with Crippen LogP contribution in [0.2, 0.25) is 0 Å². The van der Waals surface area contributed by atoms with Crippen molar-refractivity contribution in [3.8, 4) is 0 Å². The summed E-state index contributed by atoms with van der Waals surface area (Å²) in [6.07, 6.45) is 4.86. The van der Waals surface area contributed by atoms with Crippen LogP contribution in [-0.4, -0.2) is 23.1 Å². The van der Waals surface area contributed by atoms with Gasteiger partial charge in [-0.2, -0.15) is 0 Å². The van der Waals surface area contributed by atoms with E-state index < -0.39 is 0 Å². The van der Waals surface area contributed by atoms with Gasteiger partial charge in [0.15, 0.2) is 0 Å². The predicted molar refractivity (Wildman–Crippen MR) is 73.6 cm³/mol. The van der Waals surface area contributed by atoms with Crippen LogP contribution in [0.15, 0.2) is 12.4 Å².